The molecule has 4 heterocycles. The van der Waals surface area contributed by atoms with Crippen LogP contribution in [0.1, 0.15) is 20.7 Å². The molecule has 2 amide bonds. The number of ether oxygens (including phenoxy) is 1. The summed E-state index contributed by atoms with van der Waals surface area (Å²) in [5.74, 6) is -1.74. The SMILES string of the molecule is O=C(C(=O)N1CCN(C(=O)c2ccccc2)CC1)c1c[nH]c2c(N3CCOCC3)ncc(F)c12. The van der Waals surface area contributed by atoms with Gasteiger partial charge < -0.3 is 24.4 Å². The molecule has 2 saturated heterocycles. The van der Waals surface area contributed by atoms with Crippen LogP contribution in [0.4, 0.5) is 10.2 Å². The van der Waals surface area contributed by atoms with Gasteiger partial charge in [0.2, 0.25) is 0 Å². The number of benzene rings is 1. The predicted molar refractivity (Wildman–Crippen MR) is 122 cm³/mol. The van der Waals surface area contributed by atoms with Gasteiger partial charge >= 0.3 is 0 Å². The number of hydrogen-bond acceptors (Lipinski definition) is 6. The molecule has 1 N–H and O–H groups in total. The number of piperazine rings is 1. The second kappa shape index (κ2) is 9.22. The van der Waals surface area contributed by atoms with Crippen LogP contribution >= 0.6 is 0 Å². The number of aromatic nitrogens is 2. The molecular formula is C24H24FN5O4. The van der Waals surface area contributed by atoms with Crippen molar-refractivity contribution in [3.8, 4) is 0 Å². The molecule has 10 heteroatoms. The van der Waals surface area contributed by atoms with Crippen molar-refractivity contribution in [3.05, 3.63) is 59.7 Å². The maximum atomic E-state index is 14.7. The van der Waals surface area contributed by atoms with Crippen LogP contribution in [0.15, 0.2) is 42.7 Å². The van der Waals surface area contributed by atoms with E-state index in [-0.39, 0.29) is 29.9 Å². The number of carbonyl (C=O) groups excluding carboxylic acids is 3. The van der Waals surface area contributed by atoms with Crippen molar-refractivity contribution in [2.24, 2.45) is 0 Å². The molecule has 0 saturated carbocycles. The van der Waals surface area contributed by atoms with E-state index in [1.807, 2.05) is 11.0 Å². The molecule has 2 aliphatic heterocycles. The van der Waals surface area contributed by atoms with Crippen LogP contribution < -0.4 is 4.90 Å². The van der Waals surface area contributed by atoms with Gasteiger partial charge in [0.05, 0.1) is 35.9 Å². The Bertz CT molecular complexity index is 1230. The molecule has 0 unspecified atom stereocenters. The van der Waals surface area contributed by atoms with Crippen LogP contribution in [-0.4, -0.2) is 89.8 Å². The number of pyridine rings is 1. The van der Waals surface area contributed by atoms with Crippen LogP contribution in [0, 0.1) is 5.82 Å². The first-order valence-electron chi connectivity index (χ1n) is 11.2. The van der Waals surface area contributed by atoms with Gasteiger partial charge in [0.1, 0.15) is 0 Å². The average Bonchev–Trinajstić information content (AvgIpc) is 3.35. The van der Waals surface area contributed by atoms with Gasteiger partial charge in [-0.25, -0.2) is 9.37 Å². The normalized spacial score (nSPS) is 16.7. The first-order valence-corrected chi connectivity index (χ1v) is 11.2. The Balaban J connectivity index is 1.31. The summed E-state index contributed by atoms with van der Waals surface area (Å²) in [7, 11) is 0. The van der Waals surface area contributed by atoms with Gasteiger partial charge in [-0.1, -0.05) is 18.2 Å². The molecule has 176 valence electrons. The van der Waals surface area contributed by atoms with Gasteiger partial charge in [-0.15, -0.1) is 0 Å². The first kappa shape index (κ1) is 22.0. The number of hydrogen-bond donors (Lipinski definition) is 1. The standard InChI is InChI=1S/C24H24FN5O4/c25-18-15-27-22(28-10-12-34-13-11-28)20-19(18)17(14-26-20)21(31)24(33)30-8-6-29(7-9-30)23(32)16-4-2-1-3-5-16/h1-5,14-15,26H,6-13H2. The Morgan fingerprint density at radius 2 is 1.62 bits per heavy atom. The number of H-pyrrole nitrogens is 1. The fourth-order valence-corrected chi connectivity index (χ4v) is 4.42. The number of nitrogens with zero attached hydrogens (tertiary/aromatic N) is 4. The summed E-state index contributed by atoms with van der Waals surface area (Å²) >= 11 is 0. The van der Waals surface area contributed by atoms with E-state index in [0.717, 1.165) is 6.20 Å². The number of fused-ring (bicyclic) bond motifs is 1. The molecule has 3 aromatic rings. The Morgan fingerprint density at radius 1 is 0.941 bits per heavy atom. The summed E-state index contributed by atoms with van der Waals surface area (Å²) in [5, 5.41) is 0.0627. The van der Waals surface area contributed by atoms with E-state index in [4.69, 9.17) is 4.74 Å². The molecule has 0 aliphatic carbocycles. The number of rotatable bonds is 4. The zero-order valence-electron chi connectivity index (χ0n) is 18.5. The second-order valence-corrected chi connectivity index (χ2v) is 8.26. The summed E-state index contributed by atoms with van der Waals surface area (Å²) < 4.78 is 20.1. The van der Waals surface area contributed by atoms with E-state index >= 15 is 0 Å². The molecule has 2 aromatic heterocycles. The van der Waals surface area contributed by atoms with Crippen LogP contribution in [0.3, 0.4) is 0 Å². The van der Waals surface area contributed by atoms with E-state index in [0.29, 0.717) is 56.3 Å². The number of carbonyl (C=O) groups is 3. The van der Waals surface area contributed by atoms with Crippen LogP contribution in [0.25, 0.3) is 10.9 Å². The molecule has 0 radical (unpaired) electrons. The second-order valence-electron chi connectivity index (χ2n) is 8.26. The van der Waals surface area contributed by atoms with Crippen molar-refractivity contribution in [2.45, 2.75) is 0 Å². The quantitative estimate of drug-likeness (QED) is 0.465. The summed E-state index contributed by atoms with van der Waals surface area (Å²) in [5.41, 5.74) is 0.950. The summed E-state index contributed by atoms with van der Waals surface area (Å²) in [4.78, 5) is 50.9. The molecule has 0 atom stereocenters. The third kappa shape index (κ3) is 4.01. The maximum absolute atomic E-state index is 14.7. The van der Waals surface area contributed by atoms with Crippen LogP contribution in [0.2, 0.25) is 0 Å². The minimum atomic E-state index is -0.785. The van der Waals surface area contributed by atoms with E-state index in [9.17, 15) is 18.8 Å². The number of Topliss-reactive ketones (excluding diaryl/α,β-unsaturated/α-hetero) is 1. The molecule has 0 bridgehead atoms. The monoisotopic (exact) mass is 465 g/mol. The highest BCUT2D eigenvalue weighted by Gasteiger charge is 2.31. The number of aromatic amines is 1. The van der Waals surface area contributed by atoms with Crippen molar-refractivity contribution in [2.75, 3.05) is 57.4 Å². The van der Waals surface area contributed by atoms with E-state index in [1.165, 1.54) is 11.1 Å². The lowest BCUT2D eigenvalue weighted by Gasteiger charge is -2.34. The molecular weight excluding hydrogens is 441 g/mol. The maximum Gasteiger partial charge on any atom is 0.295 e. The van der Waals surface area contributed by atoms with Crippen molar-refractivity contribution in [1.82, 2.24) is 19.8 Å². The minimum Gasteiger partial charge on any atom is -0.378 e. The Labute approximate surface area is 195 Å². The first-order chi connectivity index (χ1) is 16.5. The fourth-order valence-electron chi connectivity index (χ4n) is 4.42. The lowest BCUT2D eigenvalue weighted by molar-refractivity contribution is -0.127. The molecule has 2 aliphatic rings. The highest BCUT2D eigenvalue weighted by molar-refractivity contribution is 6.45. The van der Waals surface area contributed by atoms with Gasteiger partial charge in [-0.2, -0.15) is 0 Å². The van der Waals surface area contributed by atoms with Crippen LogP contribution in [-0.2, 0) is 9.53 Å². The zero-order chi connectivity index (χ0) is 23.7. The number of amides is 2. The number of ketones is 1. The van der Waals surface area contributed by atoms with E-state index in [2.05, 4.69) is 9.97 Å². The largest absolute Gasteiger partial charge is 0.378 e. The Kier molecular flexibility index (Phi) is 5.97. The highest BCUT2D eigenvalue weighted by atomic mass is 19.1. The molecule has 2 fully saturated rings. The lowest BCUT2D eigenvalue weighted by Crippen LogP contribution is -2.52. The summed E-state index contributed by atoms with van der Waals surface area (Å²) in [6.07, 6.45) is 2.45. The molecule has 1 aromatic carbocycles. The smallest absolute Gasteiger partial charge is 0.295 e. The number of halogens is 1. The van der Waals surface area contributed by atoms with Crippen molar-refractivity contribution in [3.63, 3.8) is 0 Å². The molecule has 5 rings (SSSR count). The third-order valence-corrected chi connectivity index (χ3v) is 6.27. The van der Waals surface area contributed by atoms with Gasteiger partial charge in [-0.05, 0) is 12.1 Å². The zero-order valence-corrected chi connectivity index (χ0v) is 18.5. The van der Waals surface area contributed by atoms with Gasteiger partial charge in [0.15, 0.2) is 11.6 Å². The topological polar surface area (TPSA) is 98.8 Å². The molecule has 0 spiro atoms. The minimum absolute atomic E-state index is 0.0165. The Morgan fingerprint density at radius 3 is 2.32 bits per heavy atom. The Hall–Kier alpha value is -3.79. The average molecular weight is 465 g/mol. The van der Waals surface area contributed by atoms with Crippen molar-refractivity contribution < 1.29 is 23.5 Å². The van der Waals surface area contributed by atoms with Crippen molar-refractivity contribution in [1.29, 1.82) is 0 Å². The van der Waals surface area contributed by atoms with Crippen molar-refractivity contribution >= 4 is 34.3 Å². The number of anilines is 1. The van der Waals surface area contributed by atoms with Gasteiger partial charge in [0.25, 0.3) is 17.6 Å². The van der Waals surface area contributed by atoms with E-state index in [1.54, 1.807) is 29.2 Å². The fraction of sp³-hybridized carbons (Fsp3) is 0.333. The van der Waals surface area contributed by atoms with Gasteiger partial charge in [0, 0.05) is 51.0 Å². The van der Waals surface area contributed by atoms with Crippen LogP contribution in [0.5, 0.6) is 0 Å². The van der Waals surface area contributed by atoms with Gasteiger partial charge in [-0.3, -0.25) is 14.4 Å². The number of morpholine rings is 1. The molecule has 34 heavy (non-hydrogen) atoms. The lowest BCUT2D eigenvalue weighted by atomic mass is 10.1. The summed E-state index contributed by atoms with van der Waals surface area (Å²) in [6.45, 7) is 3.36. The predicted octanol–water partition coefficient (Wildman–Crippen LogP) is 1.71. The highest BCUT2D eigenvalue weighted by Crippen LogP contribution is 2.29. The third-order valence-electron chi connectivity index (χ3n) is 6.27. The molecule has 9 nitrogen and oxygen atoms in total. The summed E-state index contributed by atoms with van der Waals surface area (Å²) in [6, 6.07) is 8.93. The van der Waals surface area contributed by atoms with E-state index < -0.39 is 17.5 Å². The number of nitrogens with one attached hydrogen (secondary N) is 1.